The molecule has 5 heteroatoms. The van der Waals surface area contributed by atoms with E-state index in [1.54, 1.807) is 0 Å². The van der Waals surface area contributed by atoms with Crippen molar-refractivity contribution >= 4 is 5.82 Å². The Labute approximate surface area is 127 Å². The molecule has 1 unspecified atom stereocenters. The van der Waals surface area contributed by atoms with Crippen LogP contribution in [0.3, 0.4) is 0 Å². The largest absolute Gasteiger partial charge is 0.367 e. The number of rotatable bonds is 5. The second-order valence-electron chi connectivity index (χ2n) is 6.43. The standard InChI is InChI=1S/C16H25N5/c1-11(2)9-21-6-5-14(10-21)8-18-16-15(7-17)12(3)13(4)19-20-16/h11,14H,5-6,8-10H2,1-4H3,(H,18,20). The Hall–Kier alpha value is -1.67. The van der Waals surface area contributed by atoms with E-state index in [1.807, 2.05) is 13.8 Å². The molecule has 0 saturated carbocycles. The molecule has 1 fully saturated rings. The van der Waals surface area contributed by atoms with Crippen molar-refractivity contribution in [1.29, 1.82) is 5.26 Å². The van der Waals surface area contributed by atoms with Crippen LogP contribution in [0.2, 0.25) is 0 Å². The van der Waals surface area contributed by atoms with Crippen LogP contribution in [-0.2, 0) is 0 Å². The number of hydrogen-bond donors (Lipinski definition) is 1. The summed E-state index contributed by atoms with van der Waals surface area (Å²) in [6.07, 6.45) is 1.21. The molecule has 1 aromatic heterocycles. The van der Waals surface area contributed by atoms with Gasteiger partial charge in [0.1, 0.15) is 11.6 Å². The summed E-state index contributed by atoms with van der Waals surface area (Å²) < 4.78 is 0. The SMILES string of the molecule is Cc1nnc(NCC2CCN(CC(C)C)C2)c(C#N)c1C. The molecule has 21 heavy (non-hydrogen) atoms. The van der Waals surface area contributed by atoms with E-state index in [9.17, 15) is 5.26 Å². The van der Waals surface area contributed by atoms with Gasteiger partial charge in [-0.2, -0.15) is 10.4 Å². The van der Waals surface area contributed by atoms with Gasteiger partial charge in [-0.15, -0.1) is 5.10 Å². The maximum Gasteiger partial charge on any atom is 0.166 e. The second kappa shape index (κ2) is 6.86. The second-order valence-corrected chi connectivity index (χ2v) is 6.43. The van der Waals surface area contributed by atoms with Crippen molar-refractivity contribution in [1.82, 2.24) is 15.1 Å². The molecule has 1 aromatic rings. The molecule has 0 spiro atoms. The number of hydrogen-bond acceptors (Lipinski definition) is 5. The third kappa shape index (κ3) is 3.92. The Balaban J connectivity index is 1.93. The monoisotopic (exact) mass is 287 g/mol. The number of nitrogens with one attached hydrogen (secondary N) is 1. The first-order valence-electron chi connectivity index (χ1n) is 7.71. The van der Waals surface area contributed by atoms with Crippen LogP contribution in [0.5, 0.6) is 0 Å². The molecule has 0 amide bonds. The Morgan fingerprint density at radius 1 is 1.38 bits per heavy atom. The fraction of sp³-hybridized carbons (Fsp3) is 0.688. The number of aromatic nitrogens is 2. The zero-order valence-electron chi connectivity index (χ0n) is 13.5. The first kappa shape index (κ1) is 15.7. The molecule has 0 aliphatic carbocycles. The molecule has 1 atom stereocenters. The van der Waals surface area contributed by atoms with Crippen molar-refractivity contribution in [3.8, 4) is 6.07 Å². The summed E-state index contributed by atoms with van der Waals surface area (Å²) in [4.78, 5) is 2.52. The average molecular weight is 287 g/mol. The number of likely N-dealkylation sites (tertiary alicyclic amines) is 1. The van der Waals surface area contributed by atoms with Crippen molar-refractivity contribution in [3.63, 3.8) is 0 Å². The molecule has 0 radical (unpaired) electrons. The van der Waals surface area contributed by atoms with E-state index in [4.69, 9.17) is 0 Å². The van der Waals surface area contributed by atoms with Gasteiger partial charge in [0, 0.05) is 19.6 Å². The zero-order chi connectivity index (χ0) is 15.4. The summed E-state index contributed by atoms with van der Waals surface area (Å²) in [6.45, 7) is 12.7. The number of nitriles is 1. The molecule has 1 aliphatic rings. The van der Waals surface area contributed by atoms with E-state index in [0.717, 1.165) is 24.3 Å². The molecular weight excluding hydrogens is 262 g/mol. The maximum absolute atomic E-state index is 9.29. The van der Waals surface area contributed by atoms with Crippen molar-refractivity contribution in [3.05, 3.63) is 16.8 Å². The number of aryl methyl sites for hydroxylation is 1. The van der Waals surface area contributed by atoms with Crippen LogP contribution in [0.25, 0.3) is 0 Å². The molecule has 1 saturated heterocycles. The molecule has 1 aliphatic heterocycles. The lowest BCUT2D eigenvalue weighted by atomic mass is 10.1. The average Bonchev–Trinajstić information content (AvgIpc) is 2.87. The highest BCUT2D eigenvalue weighted by molar-refractivity contribution is 5.55. The number of anilines is 1. The fourth-order valence-electron chi connectivity index (χ4n) is 2.87. The fourth-order valence-corrected chi connectivity index (χ4v) is 2.87. The van der Waals surface area contributed by atoms with Gasteiger partial charge in [0.05, 0.1) is 5.69 Å². The zero-order valence-corrected chi connectivity index (χ0v) is 13.5. The Bertz CT molecular complexity index is 532. The van der Waals surface area contributed by atoms with E-state index in [0.29, 0.717) is 23.2 Å². The van der Waals surface area contributed by atoms with E-state index in [2.05, 4.69) is 40.3 Å². The van der Waals surface area contributed by atoms with Gasteiger partial charge in [0.15, 0.2) is 5.82 Å². The summed E-state index contributed by atoms with van der Waals surface area (Å²) in [5.41, 5.74) is 2.36. The minimum atomic E-state index is 0.624. The van der Waals surface area contributed by atoms with Crippen LogP contribution >= 0.6 is 0 Å². The van der Waals surface area contributed by atoms with Gasteiger partial charge in [0.25, 0.3) is 0 Å². The Kier molecular flexibility index (Phi) is 5.13. The summed E-state index contributed by atoms with van der Waals surface area (Å²) in [6, 6.07) is 2.24. The topological polar surface area (TPSA) is 64.8 Å². The molecule has 114 valence electrons. The smallest absolute Gasteiger partial charge is 0.166 e. The van der Waals surface area contributed by atoms with Crippen LogP contribution in [0.15, 0.2) is 0 Å². The van der Waals surface area contributed by atoms with Crippen molar-refractivity contribution in [2.24, 2.45) is 11.8 Å². The minimum Gasteiger partial charge on any atom is -0.367 e. The summed E-state index contributed by atoms with van der Waals surface area (Å²) in [7, 11) is 0. The first-order valence-corrected chi connectivity index (χ1v) is 7.71. The highest BCUT2D eigenvalue weighted by Gasteiger charge is 2.23. The molecular formula is C16H25N5. The third-order valence-corrected chi connectivity index (χ3v) is 4.12. The molecule has 2 heterocycles. The minimum absolute atomic E-state index is 0.624. The lowest BCUT2D eigenvalue weighted by Gasteiger charge is -2.18. The van der Waals surface area contributed by atoms with Crippen LogP contribution in [0, 0.1) is 37.0 Å². The quantitative estimate of drug-likeness (QED) is 0.900. The van der Waals surface area contributed by atoms with Crippen LogP contribution in [0.4, 0.5) is 5.82 Å². The normalized spacial score (nSPS) is 19.0. The van der Waals surface area contributed by atoms with Gasteiger partial charge in [-0.25, -0.2) is 0 Å². The summed E-state index contributed by atoms with van der Waals surface area (Å²) >= 11 is 0. The van der Waals surface area contributed by atoms with Gasteiger partial charge in [0.2, 0.25) is 0 Å². The van der Waals surface area contributed by atoms with E-state index in [-0.39, 0.29) is 0 Å². The maximum atomic E-state index is 9.29. The first-order chi connectivity index (χ1) is 10.0. The highest BCUT2D eigenvalue weighted by Crippen LogP contribution is 2.20. The number of nitrogens with zero attached hydrogens (tertiary/aromatic N) is 4. The van der Waals surface area contributed by atoms with Crippen molar-refractivity contribution < 1.29 is 0 Å². The van der Waals surface area contributed by atoms with Gasteiger partial charge < -0.3 is 10.2 Å². The third-order valence-electron chi connectivity index (χ3n) is 4.12. The van der Waals surface area contributed by atoms with Gasteiger partial charge in [-0.1, -0.05) is 13.8 Å². The predicted molar refractivity (Wildman–Crippen MR) is 84.1 cm³/mol. The lowest BCUT2D eigenvalue weighted by Crippen LogP contribution is -2.26. The molecule has 0 aromatic carbocycles. The molecule has 5 nitrogen and oxygen atoms in total. The van der Waals surface area contributed by atoms with Gasteiger partial charge in [-0.3, -0.25) is 0 Å². The Morgan fingerprint density at radius 2 is 2.14 bits per heavy atom. The molecule has 0 bridgehead atoms. The van der Waals surface area contributed by atoms with E-state index >= 15 is 0 Å². The summed E-state index contributed by atoms with van der Waals surface area (Å²) in [5, 5.41) is 20.9. The molecule has 2 rings (SSSR count). The van der Waals surface area contributed by atoms with E-state index in [1.165, 1.54) is 19.5 Å². The van der Waals surface area contributed by atoms with Crippen LogP contribution < -0.4 is 5.32 Å². The Morgan fingerprint density at radius 3 is 2.81 bits per heavy atom. The van der Waals surface area contributed by atoms with E-state index < -0.39 is 0 Å². The van der Waals surface area contributed by atoms with Crippen LogP contribution in [0.1, 0.15) is 37.1 Å². The van der Waals surface area contributed by atoms with Crippen molar-refractivity contribution in [2.75, 3.05) is 31.5 Å². The van der Waals surface area contributed by atoms with Gasteiger partial charge in [-0.05, 0) is 44.2 Å². The van der Waals surface area contributed by atoms with Gasteiger partial charge >= 0.3 is 0 Å². The highest BCUT2D eigenvalue weighted by atomic mass is 15.2. The predicted octanol–water partition coefficient (Wildman–Crippen LogP) is 2.35. The van der Waals surface area contributed by atoms with Crippen LogP contribution in [-0.4, -0.2) is 41.3 Å². The lowest BCUT2D eigenvalue weighted by molar-refractivity contribution is 0.289. The van der Waals surface area contributed by atoms with Crippen molar-refractivity contribution in [2.45, 2.75) is 34.1 Å². The summed E-state index contributed by atoms with van der Waals surface area (Å²) in [5.74, 6) is 1.97. The molecule has 1 N–H and O–H groups in total.